The van der Waals surface area contributed by atoms with Gasteiger partial charge >= 0.3 is 0 Å². The number of hydrazone groups is 1. The topological polar surface area (TPSA) is 126 Å². The fourth-order valence-corrected chi connectivity index (χ4v) is 5.06. The normalized spacial score (nSPS) is 16.4. The maximum Gasteiger partial charge on any atom is 0.296 e. The van der Waals surface area contributed by atoms with Crippen LogP contribution >= 0.6 is 35.0 Å². The number of benzene rings is 3. The van der Waals surface area contributed by atoms with Crippen molar-refractivity contribution in [3.8, 4) is 5.75 Å². The number of methoxy groups -OCH3 is 1. The molecule has 0 bridgehead atoms. The van der Waals surface area contributed by atoms with Gasteiger partial charge in [-0.05, 0) is 49.7 Å². The first kappa shape index (κ1) is 29.1. The molecule has 1 heterocycles. The predicted octanol–water partition coefficient (Wildman–Crippen LogP) is 6.60. The van der Waals surface area contributed by atoms with Gasteiger partial charge in [0.15, 0.2) is 5.17 Å². The summed E-state index contributed by atoms with van der Waals surface area (Å²) in [4.78, 5) is 41.8. The molecule has 1 atom stereocenters. The van der Waals surface area contributed by atoms with Crippen LogP contribution in [0.3, 0.4) is 0 Å². The Morgan fingerprint density at radius 3 is 2.50 bits per heavy atom. The van der Waals surface area contributed by atoms with E-state index in [1.54, 1.807) is 25.1 Å². The van der Waals surface area contributed by atoms with Gasteiger partial charge in [0.05, 0.1) is 39.5 Å². The van der Waals surface area contributed by atoms with Crippen molar-refractivity contribution < 1.29 is 19.2 Å². The molecule has 4 rings (SSSR count). The van der Waals surface area contributed by atoms with Gasteiger partial charge in [0.25, 0.3) is 11.6 Å². The van der Waals surface area contributed by atoms with Crippen LogP contribution in [0, 0.1) is 17.0 Å². The smallest absolute Gasteiger partial charge is 0.296 e. The molecular weight excluding hydrogens is 577 g/mol. The number of amides is 2. The summed E-state index contributed by atoms with van der Waals surface area (Å²) in [5, 5.41) is 19.7. The van der Waals surface area contributed by atoms with Crippen molar-refractivity contribution in [3.63, 3.8) is 0 Å². The number of carbonyl (C=O) groups excluding carboxylic acids is 2. The molecule has 1 unspecified atom stereocenters. The van der Waals surface area contributed by atoms with Crippen molar-refractivity contribution in [3.05, 3.63) is 92.0 Å². The fourth-order valence-electron chi connectivity index (χ4n) is 3.69. The maximum atomic E-state index is 13.5. The Morgan fingerprint density at radius 2 is 1.85 bits per heavy atom. The Bertz CT molecular complexity index is 1540. The van der Waals surface area contributed by atoms with E-state index in [2.05, 4.69) is 15.4 Å². The highest BCUT2D eigenvalue weighted by Gasteiger charge is 2.40. The molecule has 206 valence electrons. The minimum absolute atomic E-state index is 0.0129. The van der Waals surface area contributed by atoms with Crippen LogP contribution in [0.1, 0.15) is 24.5 Å². The number of ether oxygens (including phenoxy) is 1. The zero-order valence-corrected chi connectivity index (χ0v) is 23.9. The second kappa shape index (κ2) is 12.5. The van der Waals surface area contributed by atoms with Crippen molar-refractivity contribution in [2.24, 2.45) is 10.1 Å². The van der Waals surface area contributed by atoms with Gasteiger partial charge in [-0.3, -0.25) is 19.7 Å². The van der Waals surface area contributed by atoms with Gasteiger partial charge in [-0.2, -0.15) is 10.1 Å². The van der Waals surface area contributed by atoms with E-state index in [1.807, 2.05) is 31.2 Å². The van der Waals surface area contributed by atoms with Crippen LogP contribution in [-0.4, -0.2) is 45.0 Å². The van der Waals surface area contributed by atoms with E-state index < -0.39 is 22.0 Å². The number of aryl methyl sites for hydroxylation is 1. The Kier molecular flexibility index (Phi) is 9.08. The van der Waals surface area contributed by atoms with Gasteiger partial charge in [-0.25, -0.2) is 4.99 Å². The Morgan fingerprint density at radius 1 is 1.12 bits per heavy atom. The number of aliphatic imine (C=N–C) groups is 1. The number of amidine groups is 1. The number of halogens is 2. The van der Waals surface area contributed by atoms with Crippen LogP contribution in [0.2, 0.25) is 10.0 Å². The molecule has 3 aromatic carbocycles. The quantitative estimate of drug-likeness (QED) is 0.176. The Labute approximate surface area is 244 Å². The molecule has 1 saturated heterocycles. The minimum atomic E-state index is -0.881. The standard InChI is InChI=1S/C27H23Cl2N5O5S/c1-15-4-6-17(7-5-15)16(2)32-33-26(36)24(40-27(33)30-18-8-10-20(28)21(29)12-18)14-25(35)31-22-11-9-19(39-3)13-23(22)34(37)38/h4-13,24H,14H2,1-3H3,(H,31,35). The fraction of sp³-hybridized carbons (Fsp3) is 0.185. The molecule has 13 heteroatoms. The molecule has 3 aromatic rings. The summed E-state index contributed by atoms with van der Waals surface area (Å²) in [6, 6.07) is 16.5. The van der Waals surface area contributed by atoms with E-state index in [9.17, 15) is 19.7 Å². The van der Waals surface area contributed by atoms with Gasteiger partial charge in [-0.1, -0.05) is 64.8 Å². The van der Waals surface area contributed by atoms with Gasteiger partial charge < -0.3 is 10.1 Å². The van der Waals surface area contributed by atoms with Crippen LogP contribution in [-0.2, 0) is 9.59 Å². The average molecular weight is 600 g/mol. The third kappa shape index (κ3) is 6.79. The summed E-state index contributed by atoms with van der Waals surface area (Å²) in [7, 11) is 1.38. The zero-order chi connectivity index (χ0) is 29.0. The average Bonchev–Trinajstić information content (AvgIpc) is 3.19. The molecule has 0 aliphatic carbocycles. The van der Waals surface area contributed by atoms with Crippen molar-refractivity contribution >= 4 is 74.7 Å². The number of nitrogens with one attached hydrogen (secondary N) is 1. The van der Waals surface area contributed by atoms with Gasteiger partial charge in [-0.15, -0.1) is 0 Å². The lowest BCUT2D eigenvalue weighted by Gasteiger charge is -2.12. The lowest BCUT2D eigenvalue weighted by atomic mass is 10.1. The van der Waals surface area contributed by atoms with Gasteiger partial charge in [0.1, 0.15) is 16.7 Å². The molecule has 1 aliphatic heterocycles. The minimum Gasteiger partial charge on any atom is -0.496 e. The number of nitro benzene ring substituents is 1. The highest BCUT2D eigenvalue weighted by Crippen LogP contribution is 2.35. The first-order valence-corrected chi connectivity index (χ1v) is 13.5. The summed E-state index contributed by atoms with van der Waals surface area (Å²) >= 11 is 13.2. The molecule has 10 nitrogen and oxygen atoms in total. The molecule has 40 heavy (non-hydrogen) atoms. The van der Waals surface area contributed by atoms with Crippen LogP contribution in [0.25, 0.3) is 0 Å². The van der Waals surface area contributed by atoms with Crippen molar-refractivity contribution in [1.82, 2.24) is 5.01 Å². The number of nitrogens with zero attached hydrogens (tertiary/aromatic N) is 4. The molecule has 2 amide bonds. The van der Waals surface area contributed by atoms with E-state index in [1.165, 1.54) is 25.3 Å². The van der Waals surface area contributed by atoms with Crippen LogP contribution in [0.4, 0.5) is 17.1 Å². The number of rotatable bonds is 8. The van der Waals surface area contributed by atoms with E-state index >= 15 is 0 Å². The second-order valence-electron chi connectivity index (χ2n) is 8.69. The van der Waals surface area contributed by atoms with Crippen LogP contribution < -0.4 is 10.1 Å². The number of nitro groups is 1. The SMILES string of the molecule is COc1ccc(NC(=O)CC2SC(=Nc3ccc(Cl)c(Cl)c3)N(N=C(C)c3ccc(C)cc3)C2=O)c([N+](=O)[O-])c1. The van der Waals surface area contributed by atoms with E-state index in [0.29, 0.717) is 21.4 Å². The van der Waals surface area contributed by atoms with Crippen LogP contribution in [0.5, 0.6) is 5.75 Å². The summed E-state index contributed by atoms with van der Waals surface area (Å²) in [5.41, 5.74) is 2.55. The molecule has 0 spiro atoms. The van der Waals surface area contributed by atoms with E-state index in [-0.39, 0.29) is 28.7 Å². The second-order valence-corrected chi connectivity index (χ2v) is 10.7. The van der Waals surface area contributed by atoms with Gasteiger partial charge in [0.2, 0.25) is 5.91 Å². The number of anilines is 1. The van der Waals surface area contributed by atoms with Gasteiger partial charge in [0, 0.05) is 6.42 Å². The lowest BCUT2D eigenvalue weighted by molar-refractivity contribution is -0.384. The molecule has 0 saturated carbocycles. The number of hydrogen-bond acceptors (Lipinski definition) is 8. The lowest BCUT2D eigenvalue weighted by Crippen LogP contribution is -2.30. The number of thioether (sulfide) groups is 1. The first-order chi connectivity index (χ1) is 19.0. The molecule has 0 radical (unpaired) electrons. The number of hydrogen-bond donors (Lipinski definition) is 1. The third-order valence-corrected chi connectivity index (χ3v) is 7.67. The summed E-state index contributed by atoms with van der Waals surface area (Å²) < 4.78 is 5.03. The van der Waals surface area contributed by atoms with E-state index in [4.69, 9.17) is 27.9 Å². The molecule has 0 aromatic heterocycles. The number of carbonyl (C=O) groups is 2. The Balaban J connectivity index is 1.62. The van der Waals surface area contributed by atoms with Crippen LogP contribution in [0.15, 0.2) is 70.8 Å². The molecule has 1 N–H and O–H groups in total. The highest BCUT2D eigenvalue weighted by atomic mass is 35.5. The van der Waals surface area contributed by atoms with Crippen molar-refractivity contribution in [2.45, 2.75) is 25.5 Å². The zero-order valence-electron chi connectivity index (χ0n) is 21.6. The van der Waals surface area contributed by atoms with Crippen molar-refractivity contribution in [1.29, 1.82) is 0 Å². The van der Waals surface area contributed by atoms with E-state index in [0.717, 1.165) is 27.9 Å². The molecule has 1 aliphatic rings. The largest absolute Gasteiger partial charge is 0.496 e. The molecule has 1 fully saturated rings. The maximum absolute atomic E-state index is 13.5. The summed E-state index contributed by atoms with van der Waals surface area (Å²) in [6.45, 7) is 3.73. The summed E-state index contributed by atoms with van der Waals surface area (Å²) in [6.07, 6.45) is -0.275. The van der Waals surface area contributed by atoms with Crippen molar-refractivity contribution in [2.75, 3.05) is 12.4 Å². The predicted molar refractivity (Wildman–Crippen MR) is 158 cm³/mol. The Hall–Kier alpha value is -3.93. The molecular formula is C27H23Cl2N5O5S. The highest BCUT2D eigenvalue weighted by molar-refractivity contribution is 8.15. The third-order valence-electron chi connectivity index (χ3n) is 5.81. The monoisotopic (exact) mass is 599 g/mol. The first-order valence-electron chi connectivity index (χ1n) is 11.8. The summed E-state index contributed by atoms with van der Waals surface area (Å²) in [5.74, 6) is -0.782.